The minimum atomic E-state index is -1.16. The minimum absolute atomic E-state index is 0.0378. The van der Waals surface area contributed by atoms with E-state index < -0.39 is 11.9 Å². The number of nitrogens with one attached hydrogen (secondary N) is 2. The average molecular weight is 527 g/mol. The van der Waals surface area contributed by atoms with Crippen LogP contribution < -0.4 is 10.8 Å². The Balaban J connectivity index is 1.24. The molecule has 0 aliphatic rings. The molecule has 0 saturated heterocycles. The van der Waals surface area contributed by atoms with Gasteiger partial charge < -0.3 is 10.4 Å². The van der Waals surface area contributed by atoms with Gasteiger partial charge in [-0.25, -0.2) is 15.2 Å². The standard InChI is InChI=1S/C31H30N2O6/c34-30(28-15-14-25(19-29(28)31(35)36)23-10-5-2-6-11-23)32-16-7-17-33-38-20-26-13-12-24(18-27(26)21-39-37)22-8-3-1-4-9-22/h1-6,8-15,18-19,33,37H,7,16-17,20-21H2,(H,32,34)(H,35,36). The first-order valence-corrected chi connectivity index (χ1v) is 12.6. The van der Waals surface area contributed by atoms with Gasteiger partial charge in [-0.2, -0.15) is 0 Å². The van der Waals surface area contributed by atoms with E-state index in [2.05, 4.69) is 15.7 Å². The van der Waals surface area contributed by atoms with E-state index in [9.17, 15) is 14.7 Å². The molecule has 0 aliphatic heterocycles. The van der Waals surface area contributed by atoms with Crippen molar-refractivity contribution in [2.45, 2.75) is 19.6 Å². The number of carboxylic acid groups (broad SMARTS) is 1. The van der Waals surface area contributed by atoms with Crippen molar-refractivity contribution in [3.63, 3.8) is 0 Å². The largest absolute Gasteiger partial charge is 0.478 e. The zero-order chi connectivity index (χ0) is 27.5. The molecule has 0 atom stereocenters. The quantitative estimate of drug-likeness (QED) is 0.103. The van der Waals surface area contributed by atoms with Crippen molar-refractivity contribution < 1.29 is 29.7 Å². The number of carboxylic acids is 1. The van der Waals surface area contributed by atoms with E-state index in [0.29, 0.717) is 19.5 Å². The summed E-state index contributed by atoms with van der Waals surface area (Å²) in [4.78, 5) is 34.4. The van der Waals surface area contributed by atoms with Crippen LogP contribution >= 0.6 is 0 Å². The van der Waals surface area contributed by atoms with Gasteiger partial charge in [0.25, 0.3) is 5.91 Å². The number of hydroxylamine groups is 1. The lowest BCUT2D eigenvalue weighted by Gasteiger charge is -2.12. The summed E-state index contributed by atoms with van der Waals surface area (Å²) < 4.78 is 0. The van der Waals surface area contributed by atoms with Crippen LogP contribution in [0.25, 0.3) is 22.3 Å². The molecule has 200 valence electrons. The van der Waals surface area contributed by atoms with Gasteiger partial charge in [-0.3, -0.25) is 14.9 Å². The number of hydrogen-bond donors (Lipinski definition) is 4. The first-order valence-electron chi connectivity index (χ1n) is 12.6. The average Bonchev–Trinajstić information content (AvgIpc) is 2.98. The fourth-order valence-corrected chi connectivity index (χ4v) is 4.17. The highest BCUT2D eigenvalue weighted by Gasteiger charge is 2.17. The molecule has 0 spiro atoms. The molecule has 0 aliphatic carbocycles. The highest BCUT2D eigenvalue weighted by Crippen LogP contribution is 2.24. The van der Waals surface area contributed by atoms with Crippen molar-refractivity contribution in [1.29, 1.82) is 0 Å². The van der Waals surface area contributed by atoms with Gasteiger partial charge in [0.05, 0.1) is 17.7 Å². The number of amides is 1. The monoisotopic (exact) mass is 526 g/mol. The second-order valence-corrected chi connectivity index (χ2v) is 8.85. The summed E-state index contributed by atoms with van der Waals surface area (Å²) in [7, 11) is 0. The lowest BCUT2D eigenvalue weighted by molar-refractivity contribution is -0.253. The van der Waals surface area contributed by atoms with Gasteiger partial charge in [-0.15, -0.1) is 0 Å². The Bertz CT molecular complexity index is 1390. The molecule has 0 fully saturated rings. The fourth-order valence-electron chi connectivity index (χ4n) is 4.17. The van der Waals surface area contributed by atoms with E-state index in [1.54, 1.807) is 12.1 Å². The van der Waals surface area contributed by atoms with Crippen LogP contribution in [0.1, 0.15) is 38.3 Å². The van der Waals surface area contributed by atoms with Crippen LogP contribution in [0.15, 0.2) is 97.1 Å². The Labute approximate surface area is 226 Å². The summed E-state index contributed by atoms with van der Waals surface area (Å²) in [6.07, 6.45) is 0.565. The highest BCUT2D eigenvalue weighted by molar-refractivity contribution is 6.05. The smallest absolute Gasteiger partial charge is 0.336 e. The second kappa shape index (κ2) is 14.0. The van der Waals surface area contributed by atoms with Crippen LogP contribution in [-0.4, -0.2) is 35.3 Å². The molecule has 4 aromatic rings. The van der Waals surface area contributed by atoms with E-state index in [-0.39, 0.29) is 24.3 Å². The molecule has 4 aromatic carbocycles. The van der Waals surface area contributed by atoms with Crippen molar-refractivity contribution in [3.05, 3.63) is 119 Å². The van der Waals surface area contributed by atoms with E-state index >= 15 is 0 Å². The van der Waals surface area contributed by atoms with E-state index in [4.69, 9.17) is 10.1 Å². The fraction of sp³-hybridized carbons (Fsp3) is 0.161. The van der Waals surface area contributed by atoms with E-state index in [0.717, 1.165) is 33.4 Å². The number of hydrogen-bond acceptors (Lipinski definition) is 6. The number of rotatable bonds is 13. The number of carbonyl (C=O) groups excluding carboxylic acids is 1. The zero-order valence-electron chi connectivity index (χ0n) is 21.3. The zero-order valence-corrected chi connectivity index (χ0v) is 21.3. The number of benzene rings is 4. The molecule has 0 aromatic heterocycles. The summed E-state index contributed by atoms with van der Waals surface area (Å²) in [5, 5.41) is 21.4. The number of carbonyl (C=O) groups is 2. The number of aromatic carboxylic acids is 1. The van der Waals surface area contributed by atoms with Gasteiger partial charge in [0.15, 0.2) is 0 Å². The molecule has 39 heavy (non-hydrogen) atoms. The summed E-state index contributed by atoms with van der Waals surface area (Å²) >= 11 is 0. The molecular formula is C31H30N2O6. The van der Waals surface area contributed by atoms with Crippen molar-refractivity contribution in [2.75, 3.05) is 13.1 Å². The predicted molar refractivity (Wildman–Crippen MR) is 148 cm³/mol. The van der Waals surface area contributed by atoms with Gasteiger partial charge >= 0.3 is 5.97 Å². The molecule has 0 saturated carbocycles. The van der Waals surface area contributed by atoms with Crippen LogP contribution in [-0.2, 0) is 22.9 Å². The van der Waals surface area contributed by atoms with Crippen LogP contribution in [0.3, 0.4) is 0 Å². The Morgan fingerprint density at radius 3 is 1.95 bits per heavy atom. The predicted octanol–water partition coefficient (Wildman–Crippen LogP) is 5.55. The summed E-state index contributed by atoms with van der Waals surface area (Å²) in [5.74, 6) is -1.60. The van der Waals surface area contributed by atoms with Gasteiger partial charge in [-0.1, -0.05) is 78.9 Å². The molecule has 8 nitrogen and oxygen atoms in total. The first kappa shape index (κ1) is 27.7. The van der Waals surface area contributed by atoms with Gasteiger partial charge in [0, 0.05) is 13.1 Å². The minimum Gasteiger partial charge on any atom is -0.478 e. The molecule has 1 amide bonds. The molecular weight excluding hydrogens is 496 g/mol. The Morgan fingerprint density at radius 1 is 0.667 bits per heavy atom. The second-order valence-electron chi connectivity index (χ2n) is 8.85. The van der Waals surface area contributed by atoms with Crippen LogP contribution in [0.5, 0.6) is 0 Å². The molecule has 0 heterocycles. The topological polar surface area (TPSA) is 117 Å². The first-order chi connectivity index (χ1) is 19.1. The molecule has 0 unspecified atom stereocenters. The van der Waals surface area contributed by atoms with Crippen molar-refractivity contribution in [2.24, 2.45) is 0 Å². The Morgan fingerprint density at radius 2 is 1.31 bits per heavy atom. The SMILES string of the molecule is O=C(O)c1cc(-c2ccccc2)ccc1C(=O)NCCCNOCc1ccc(-c2ccccc2)cc1COO. The van der Waals surface area contributed by atoms with Gasteiger partial charge in [0.1, 0.15) is 6.61 Å². The van der Waals surface area contributed by atoms with Crippen LogP contribution in [0.2, 0.25) is 0 Å². The maximum atomic E-state index is 12.7. The van der Waals surface area contributed by atoms with E-state index in [1.807, 2.05) is 78.9 Å². The lowest BCUT2D eigenvalue weighted by Crippen LogP contribution is -2.28. The maximum Gasteiger partial charge on any atom is 0.336 e. The molecule has 0 bridgehead atoms. The van der Waals surface area contributed by atoms with E-state index in [1.165, 1.54) is 6.07 Å². The molecule has 4 rings (SSSR count). The summed E-state index contributed by atoms with van der Waals surface area (Å²) in [6, 6.07) is 30.0. The normalized spacial score (nSPS) is 10.8. The Kier molecular flexibility index (Phi) is 9.93. The lowest BCUT2D eigenvalue weighted by atomic mass is 9.98. The van der Waals surface area contributed by atoms with Crippen LogP contribution in [0.4, 0.5) is 0 Å². The van der Waals surface area contributed by atoms with Gasteiger partial charge in [-0.05, 0) is 58.0 Å². The molecule has 8 heteroatoms. The van der Waals surface area contributed by atoms with Crippen molar-refractivity contribution >= 4 is 11.9 Å². The third-order valence-electron chi connectivity index (χ3n) is 6.21. The molecule has 4 N–H and O–H groups in total. The third kappa shape index (κ3) is 7.59. The Hall–Kier alpha value is -4.34. The molecule has 0 radical (unpaired) electrons. The summed E-state index contributed by atoms with van der Waals surface area (Å²) in [6.45, 7) is 1.10. The van der Waals surface area contributed by atoms with Crippen LogP contribution in [0, 0.1) is 0 Å². The van der Waals surface area contributed by atoms with Crippen molar-refractivity contribution in [3.8, 4) is 22.3 Å². The highest BCUT2D eigenvalue weighted by atomic mass is 17.1. The summed E-state index contributed by atoms with van der Waals surface area (Å²) in [5.41, 5.74) is 8.29. The third-order valence-corrected chi connectivity index (χ3v) is 6.21. The maximum absolute atomic E-state index is 12.7. The van der Waals surface area contributed by atoms with Gasteiger partial charge in [0.2, 0.25) is 0 Å². The van der Waals surface area contributed by atoms with Crippen molar-refractivity contribution in [1.82, 2.24) is 10.8 Å².